The van der Waals surface area contributed by atoms with Gasteiger partial charge in [-0.2, -0.15) is 9.50 Å². The SMILES string of the molecule is O=c1c2cnc3nc(-c4ccc5c(c4)OCCCO5)nn3c2ccn1CC1CCCO1. The van der Waals surface area contributed by atoms with Gasteiger partial charge in [0.2, 0.25) is 0 Å². The molecule has 4 aromatic rings. The highest BCUT2D eigenvalue weighted by atomic mass is 16.5. The van der Waals surface area contributed by atoms with Crippen LogP contribution in [0, 0.1) is 0 Å². The summed E-state index contributed by atoms with van der Waals surface area (Å²) in [7, 11) is 0. The molecular formula is C22H21N5O4. The minimum absolute atomic E-state index is 0.0872. The summed E-state index contributed by atoms with van der Waals surface area (Å²) in [5.74, 6) is 2.36. The Morgan fingerprint density at radius 3 is 2.84 bits per heavy atom. The van der Waals surface area contributed by atoms with Crippen molar-refractivity contribution in [2.45, 2.75) is 31.9 Å². The fourth-order valence-corrected chi connectivity index (χ4v) is 4.14. The topological polar surface area (TPSA) is 92.8 Å². The Kier molecular flexibility index (Phi) is 4.34. The summed E-state index contributed by atoms with van der Waals surface area (Å²) in [6.45, 7) is 2.56. The maximum atomic E-state index is 13.0. The van der Waals surface area contributed by atoms with Gasteiger partial charge < -0.3 is 18.8 Å². The zero-order chi connectivity index (χ0) is 20.8. The van der Waals surface area contributed by atoms with Crippen molar-refractivity contribution in [1.29, 1.82) is 0 Å². The smallest absolute Gasteiger partial charge is 0.261 e. The first-order chi connectivity index (χ1) is 15.3. The Labute approximate surface area is 177 Å². The summed E-state index contributed by atoms with van der Waals surface area (Å²) >= 11 is 0. The predicted molar refractivity (Wildman–Crippen MR) is 113 cm³/mol. The first-order valence-electron chi connectivity index (χ1n) is 10.5. The van der Waals surface area contributed by atoms with Crippen molar-refractivity contribution in [3.8, 4) is 22.9 Å². The third-order valence-electron chi connectivity index (χ3n) is 5.74. The molecular weight excluding hydrogens is 398 g/mol. The van der Waals surface area contributed by atoms with Gasteiger partial charge in [-0.05, 0) is 37.1 Å². The summed E-state index contributed by atoms with van der Waals surface area (Å²) in [5.41, 5.74) is 1.37. The fourth-order valence-electron chi connectivity index (χ4n) is 4.14. The Hall–Kier alpha value is -3.46. The standard InChI is InChI=1S/C22H21N5O4/c28-21-16-12-23-22-24-20(14-4-5-18-19(11-14)31-10-2-9-30-18)25-27(22)17(16)6-7-26(21)13-15-3-1-8-29-15/h4-7,11-12,15H,1-3,8-10,13H2. The maximum Gasteiger partial charge on any atom is 0.261 e. The number of nitrogens with zero attached hydrogens (tertiary/aromatic N) is 5. The zero-order valence-electron chi connectivity index (χ0n) is 16.9. The molecule has 1 unspecified atom stereocenters. The predicted octanol–water partition coefficient (Wildman–Crippen LogP) is 2.45. The van der Waals surface area contributed by atoms with Crippen LogP contribution in [-0.2, 0) is 11.3 Å². The molecule has 0 aliphatic carbocycles. The van der Waals surface area contributed by atoms with Gasteiger partial charge >= 0.3 is 0 Å². The average molecular weight is 419 g/mol. The largest absolute Gasteiger partial charge is 0.490 e. The molecule has 0 spiro atoms. The van der Waals surface area contributed by atoms with E-state index in [0.717, 1.165) is 37.2 Å². The number of benzene rings is 1. The molecule has 5 heterocycles. The van der Waals surface area contributed by atoms with E-state index in [2.05, 4.69) is 15.1 Å². The lowest BCUT2D eigenvalue weighted by atomic mass is 10.2. The van der Waals surface area contributed by atoms with Crippen molar-refractivity contribution in [3.05, 3.63) is 47.0 Å². The van der Waals surface area contributed by atoms with Gasteiger partial charge in [0.25, 0.3) is 11.3 Å². The molecule has 0 saturated carbocycles. The van der Waals surface area contributed by atoms with Gasteiger partial charge in [0.1, 0.15) is 0 Å². The van der Waals surface area contributed by atoms with E-state index < -0.39 is 0 Å². The van der Waals surface area contributed by atoms with E-state index in [9.17, 15) is 4.79 Å². The van der Waals surface area contributed by atoms with E-state index in [0.29, 0.717) is 48.0 Å². The van der Waals surface area contributed by atoms with Crippen LogP contribution in [0.5, 0.6) is 11.5 Å². The van der Waals surface area contributed by atoms with Crippen LogP contribution >= 0.6 is 0 Å². The van der Waals surface area contributed by atoms with Crippen LogP contribution < -0.4 is 15.0 Å². The number of ether oxygens (including phenoxy) is 3. The molecule has 0 radical (unpaired) electrons. The Bertz CT molecular complexity index is 1340. The molecule has 1 aromatic carbocycles. The van der Waals surface area contributed by atoms with E-state index in [1.165, 1.54) is 0 Å². The highest BCUT2D eigenvalue weighted by molar-refractivity contribution is 5.79. The van der Waals surface area contributed by atoms with Gasteiger partial charge in [-0.3, -0.25) is 4.79 Å². The lowest BCUT2D eigenvalue weighted by Gasteiger charge is -2.12. The minimum Gasteiger partial charge on any atom is -0.490 e. The highest BCUT2D eigenvalue weighted by Crippen LogP contribution is 2.33. The quantitative estimate of drug-likeness (QED) is 0.504. The second-order valence-electron chi connectivity index (χ2n) is 7.82. The molecule has 9 nitrogen and oxygen atoms in total. The molecule has 1 atom stereocenters. The number of hydrogen-bond acceptors (Lipinski definition) is 7. The number of aromatic nitrogens is 5. The van der Waals surface area contributed by atoms with Crippen LogP contribution in [-0.4, -0.2) is 50.1 Å². The van der Waals surface area contributed by atoms with Crippen LogP contribution in [0.3, 0.4) is 0 Å². The van der Waals surface area contributed by atoms with Crippen molar-refractivity contribution in [2.24, 2.45) is 0 Å². The monoisotopic (exact) mass is 419 g/mol. The second-order valence-corrected chi connectivity index (χ2v) is 7.82. The molecule has 9 heteroatoms. The molecule has 0 bridgehead atoms. The molecule has 6 rings (SSSR count). The molecule has 3 aromatic heterocycles. The van der Waals surface area contributed by atoms with Crippen LogP contribution in [0.1, 0.15) is 19.3 Å². The van der Waals surface area contributed by atoms with Gasteiger partial charge in [0.15, 0.2) is 17.3 Å². The molecule has 31 heavy (non-hydrogen) atoms. The third-order valence-corrected chi connectivity index (χ3v) is 5.74. The van der Waals surface area contributed by atoms with E-state index >= 15 is 0 Å². The normalized spacial score (nSPS) is 18.5. The molecule has 0 amide bonds. The van der Waals surface area contributed by atoms with Crippen LogP contribution in [0.4, 0.5) is 0 Å². The van der Waals surface area contributed by atoms with Crippen molar-refractivity contribution in [1.82, 2.24) is 24.1 Å². The minimum atomic E-state index is -0.102. The lowest BCUT2D eigenvalue weighted by Crippen LogP contribution is -2.26. The van der Waals surface area contributed by atoms with Crippen molar-refractivity contribution in [2.75, 3.05) is 19.8 Å². The zero-order valence-corrected chi connectivity index (χ0v) is 16.9. The Balaban J connectivity index is 1.41. The van der Waals surface area contributed by atoms with Crippen molar-refractivity contribution >= 4 is 16.7 Å². The molecule has 2 aliphatic rings. The summed E-state index contributed by atoms with van der Waals surface area (Å²) < 4.78 is 20.5. The van der Waals surface area contributed by atoms with Gasteiger partial charge in [0.05, 0.1) is 36.8 Å². The number of hydrogen-bond donors (Lipinski definition) is 0. The molecule has 2 aliphatic heterocycles. The average Bonchev–Trinajstić information content (AvgIpc) is 3.40. The summed E-state index contributed by atoms with van der Waals surface area (Å²) in [6.07, 6.45) is 6.31. The number of fused-ring (bicyclic) bond motifs is 4. The fraction of sp³-hybridized carbons (Fsp3) is 0.364. The summed E-state index contributed by atoms with van der Waals surface area (Å²) in [6, 6.07) is 7.54. The third kappa shape index (κ3) is 3.21. The molecule has 1 saturated heterocycles. The first kappa shape index (κ1) is 18.3. The first-order valence-corrected chi connectivity index (χ1v) is 10.5. The van der Waals surface area contributed by atoms with Gasteiger partial charge in [-0.25, -0.2) is 4.98 Å². The van der Waals surface area contributed by atoms with Gasteiger partial charge in [-0.1, -0.05) is 0 Å². The Morgan fingerprint density at radius 2 is 1.97 bits per heavy atom. The Morgan fingerprint density at radius 1 is 1.06 bits per heavy atom. The summed E-state index contributed by atoms with van der Waals surface area (Å²) in [4.78, 5) is 21.9. The summed E-state index contributed by atoms with van der Waals surface area (Å²) in [5, 5.41) is 5.13. The number of rotatable bonds is 3. The van der Waals surface area contributed by atoms with Gasteiger partial charge in [-0.15, -0.1) is 5.10 Å². The van der Waals surface area contributed by atoms with E-state index in [1.807, 2.05) is 24.3 Å². The van der Waals surface area contributed by atoms with Gasteiger partial charge in [0, 0.05) is 31.0 Å². The van der Waals surface area contributed by atoms with Crippen LogP contribution in [0.15, 0.2) is 41.5 Å². The van der Waals surface area contributed by atoms with E-state index in [-0.39, 0.29) is 11.7 Å². The van der Waals surface area contributed by atoms with Crippen LogP contribution in [0.2, 0.25) is 0 Å². The highest BCUT2D eigenvalue weighted by Gasteiger charge is 2.19. The molecule has 1 fully saturated rings. The number of pyridine rings is 1. The molecule has 0 N–H and O–H groups in total. The lowest BCUT2D eigenvalue weighted by molar-refractivity contribution is 0.0963. The van der Waals surface area contributed by atoms with Crippen molar-refractivity contribution < 1.29 is 14.2 Å². The van der Waals surface area contributed by atoms with E-state index in [1.54, 1.807) is 21.5 Å². The van der Waals surface area contributed by atoms with E-state index in [4.69, 9.17) is 14.2 Å². The second kappa shape index (κ2) is 7.35. The maximum absolute atomic E-state index is 13.0. The van der Waals surface area contributed by atoms with Crippen molar-refractivity contribution in [3.63, 3.8) is 0 Å². The van der Waals surface area contributed by atoms with Crippen LogP contribution in [0.25, 0.3) is 28.1 Å². The molecule has 158 valence electrons.